The standard InChI is InChI=1S/C20H17N3O/c24-17-11-9-15(10-12-17)18-14-19(16-6-2-1-3-7-16)23(22-18)20-8-4-5-13-21-20/h1-13,19,24H,14H2. The monoisotopic (exact) mass is 315 g/mol. The van der Waals surface area contributed by atoms with E-state index in [9.17, 15) is 5.11 Å². The van der Waals surface area contributed by atoms with Crippen LogP contribution in [0.2, 0.25) is 0 Å². The van der Waals surface area contributed by atoms with Gasteiger partial charge in [0.25, 0.3) is 0 Å². The molecule has 0 saturated heterocycles. The van der Waals surface area contributed by atoms with E-state index in [1.165, 1.54) is 5.56 Å². The van der Waals surface area contributed by atoms with Crippen LogP contribution < -0.4 is 5.01 Å². The second-order valence-corrected chi connectivity index (χ2v) is 5.76. The van der Waals surface area contributed by atoms with Crippen molar-refractivity contribution in [2.45, 2.75) is 12.5 Å². The Labute approximate surface area is 140 Å². The highest BCUT2D eigenvalue weighted by Crippen LogP contribution is 2.35. The lowest BCUT2D eigenvalue weighted by molar-refractivity contribution is 0.475. The Morgan fingerprint density at radius 3 is 2.33 bits per heavy atom. The van der Waals surface area contributed by atoms with Crippen LogP contribution in [-0.4, -0.2) is 15.8 Å². The number of benzene rings is 2. The van der Waals surface area contributed by atoms with Gasteiger partial charge in [-0.05, 0) is 47.5 Å². The smallest absolute Gasteiger partial charge is 0.149 e. The average molecular weight is 315 g/mol. The molecule has 24 heavy (non-hydrogen) atoms. The van der Waals surface area contributed by atoms with E-state index in [-0.39, 0.29) is 11.8 Å². The number of aromatic nitrogens is 1. The highest BCUT2D eigenvalue weighted by molar-refractivity contribution is 6.03. The summed E-state index contributed by atoms with van der Waals surface area (Å²) in [6.07, 6.45) is 2.58. The van der Waals surface area contributed by atoms with E-state index in [2.05, 4.69) is 17.1 Å². The number of anilines is 1. The van der Waals surface area contributed by atoms with Crippen LogP contribution in [-0.2, 0) is 0 Å². The Hall–Kier alpha value is -3.14. The van der Waals surface area contributed by atoms with Crippen molar-refractivity contribution in [2.75, 3.05) is 5.01 Å². The van der Waals surface area contributed by atoms with E-state index in [1.807, 2.05) is 53.5 Å². The van der Waals surface area contributed by atoms with Crippen molar-refractivity contribution in [1.29, 1.82) is 0 Å². The van der Waals surface area contributed by atoms with Gasteiger partial charge < -0.3 is 5.11 Å². The van der Waals surface area contributed by atoms with Crippen molar-refractivity contribution in [2.24, 2.45) is 5.10 Å². The van der Waals surface area contributed by atoms with Crippen molar-refractivity contribution >= 4 is 11.5 Å². The van der Waals surface area contributed by atoms with E-state index in [0.29, 0.717) is 0 Å². The minimum Gasteiger partial charge on any atom is -0.508 e. The SMILES string of the molecule is Oc1ccc(C2=NN(c3ccccn3)C(c3ccccc3)C2)cc1. The molecule has 0 aliphatic carbocycles. The summed E-state index contributed by atoms with van der Waals surface area (Å²) >= 11 is 0. The summed E-state index contributed by atoms with van der Waals surface area (Å²) in [6, 6.07) is 23.5. The summed E-state index contributed by atoms with van der Waals surface area (Å²) in [5.41, 5.74) is 3.22. The normalized spacial score (nSPS) is 16.9. The van der Waals surface area contributed by atoms with Crippen LogP contribution in [0.5, 0.6) is 5.75 Å². The number of phenolic OH excluding ortho intramolecular Hbond substituents is 1. The third-order valence-electron chi connectivity index (χ3n) is 4.18. The number of pyridine rings is 1. The van der Waals surface area contributed by atoms with Crippen LogP contribution in [0.25, 0.3) is 0 Å². The van der Waals surface area contributed by atoms with Crippen molar-refractivity contribution in [3.63, 3.8) is 0 Å². The predicted octanol–water partition coefficient (Wildman–Crippen LogP) is 4.14. The van der Waals surface area contributed by atoms with E-state index >= 15 is 0 Å². The Bertz CT molecular complexity index is 845. The summed E-state index contributed by atoms with van der Waals surface area (Å²) in [7, 11) is 0. The van der Waals surface area contributed by atoms with Gasteiger partial charge in [-0.15, -0.1) is 0 Å². The molecule has 0 bridgehead atoms. The van der Waals surface area contributed by atoms with Gasteiger partial charge in [0, 0.05) is 12.6 Å². The minimum atomic E-state index is 0.116. The van der Waals surface area contributed by atoms with Gasteiger partial charge in [-0.25, -0.2) is 9.99 Å². The van der Waals surface area contributed by atoms with Gasteiger partial charge in [0.1, 0.15) is 11.6 Å². The Morgan fingerprint density at radius 1 is 0.875 bits per heavy atom. The highest BCUT2D eigenvalue weighted by Gasteiger charge is 2.30. The third-order valence-corrected chi connectivity index (χ3v) is 4.18. The summed E-state index contributed by atoms with van der Waals surface area (Å²) in [6.45, 7) is 0. The maximum atomic E-state index is 9.50. The molecular formula is C20H17N3O. The lowest BCUT2D eigenvalue weighted by Gasteiger charge is -2.22. The van der Waals surface area contributed by atoms with Gasteiger partial charge in [-0.2, -0.15) is 5.10 Å². The van der Waals surface area contributed by atoms with E-state index in [0.717, 1.165) is 23.5 Å². The van der Waals surface area contributed by atoms with Crippen LogP contribution in [0.1, 0.15) is 23.6 Å². The number of hydrazone groups is 1. The molecule has 4 nitrogen and oxygen atoms in total. The van der Waals surface area contributed by atoms with Crippen LogP contribution in [0, 0.1) is 0 Å². The molecule has 0 radical (unpaired) electrons. The second kappa shape index (κ2) is 6.16. The maximum Gasteiger partial charge on any atom is 0.149 e. The second-order valence-electron chi connectivity index (χ2n) is 5.76. The maximum absolute atomic E-state index is 9.50. The molecule has 0 fully saturated rings. The molecular weight excluding hydrogens is 298 g/mol. The van der Waals surface area contributed by atoms with Gasteiger partial charge in [-0.1, -0.05) is 36.4 Å². The molecule has 3 aromatic rings. The fourth-order valence-electron chi connectivity index (χ4n) is 2.97. The zero-order chi connectivity index (χ0) is 16.4. The van der Waals surface area contributed by atoms with Gasteiger partial charge in [0.15, 0.2) is 0 Å². The molecule has 0 spiro atoms. The van der Waals surface area contributed by atoms with Gasteiger partial charge in [-0.3, -0.25) is 0 Å². The average Bonchev–Trinajstić information content (AvgIpc) is 3.09. The molecule has 1 atom stereocenters. The highest BCUT2D eigenvalue weighted by atomic mass is 16.3. The number of rotatable bonds is 3. The van der Waals surface area contributed by atoms with E-state index in [4.69, 9.17) is 5.10 Å². The lowest BCUT2D eigenvalue weighted by Crippen LogP contribution is -2.19. The fraction of sp³-hybridized carbons (Fsp3) is 0.100. The van der Waals surface area contributed by atoms with Crippen LogP contribution in [0.3, 0.4) is 0 Å². The quantitative estimate of drug-likeness (QED) is 0.790. The van der Waals surface area contributed by atoms with E-state index in [1.54, 1.807) is 18.3 Å². The lowest BCUT2D eigenvalue weighted by atomic mass is 9.98. The molecule has 1 unspecified atom stereocenters. The summed E-state index contributed by atoms with van der Waals surface area (Å²) in [5.74, 6) is 1.10. The summed E-state index contributed by atoms with van der Waals surface area (Å²) in [5, 5.41) is 16.3. The molecule has 0 saturated carbocycles. The number of hydrogen-bond acceptors (Lipinski definition) is 4. The van der Waals surface area contributed by atoms with Gasteiger partial charge in [0.2, 0.25) is 0 Å². The molecule has 1 N–H and O–H groups in total. The third kappa shape index (κ3) is 2.74. The van der Waals surface area contributed by atoms with Crippen LogP contribution in [0.4, 0.5) is 5.82 Å². The van der Waals surface area contributed by atoms with Crippen molar-refractivity contribution in [3.8, 4) is 5.75 Å². The number of aromatic hydroxyl groups is 1. The number of hydrogen-bond donors (Lipinski definition) is 1. The van der Waals surface area contributed by atoms with Crippen molar-refractivity contribution in [3.05, 3.63) is 90.1 Å². The van der Waals surface area contributed by atoms with E-state index < -0.39 is 0 Å². The van der Waals surface area contributed by atoms with Crippen molar-refractivity contribution in [1.82, 2.24) is 4.98 Å². The minimum absolute atomic E-state index is 0.116. The molecule has 1 aromatic heterocycles. The molecule has 1 aliphatic heterocycles. The number of phenols is 1. The molecule has 2 heterocycles. The van der Waals surface area contributed by atoms with Crippen LogP contribution in [0.15, 0.2) is 84.1 Å². The topological polar surface area (TPSA) is 48.7 Å². The molecule has 2 aromatic carbocycles. The first-order chi connectivity index (χ1) is 11.8. The summed E-state index contributed by atoms with van der Waals surface area (Å²) in [4.78, 5) is 4.46. The Morgan fingerprint density at radius 2 is 1.62 bits per heavy atom. The molecule has 4 rings (SSSR count). The number of nitrogens with zero attached hydrogens (tertiary/aromatic N) is 3. The van der Waals surface area contributed by atoms with Gasteiger partial charge >= 0.3 is 0 Å². The molecule has 4 heteroatoms. The van der Waals surface area contributed by atoms with Gasteiger partial charge in [0.05, 0.1) is 11.8 Å². The Kier molecular flexibility index (Phi) is 3.71. The van der Waals surface area contributed by atoms with Crippen LogP contribution >= 0.6 is 0 Å². The first-order valence-electron chi connectivity index (χ1n) is 7.93. The summed E-state index contributed by atoms with van der Waals surface area (Å²) < 4.78 is 0. The molecule has 118 valence electrons. The van der Waals surface area contributed by atoms with Crippen molar-refractivity contribution < 1.29 is 5.11 Å². The Balaban J connectivity index is 1.74. The first kappa shape index (κ1) is 14.5. The zero-order valence-electron chi connectivity index (χ0n) is 13.1. The predicted molar refractivity (Wildman–Crippen MR) is 95.2 cm³/mol. The zero-order valence-corrected chi connectivity index (χ0v) is 13.1. The largest absolute Gasteiger partial charge is 0.508 e. The molecule has 1 aliphatic rings. The molecule has 0 amide bonds. The fourth-order valence-corrected chi connectivity index (χ4v) is 2.97. The first-order valence-corrected chi connectivity index (χ1v) is 7.93.